The third-order valence-corrected chi connectivity index (χ3v) is 5.12. The minimum Gasteiger partial charge on any atom is -0.352 e. The SMILES string of the molecule is CC(C)CC(NC(=O)c1ccn(-c2ccccc2)n1)C(=O)NC1CCCCC1. The molecule has 6 heteroatoms. The lowest BCUT2D eigenvalue weighted by molar-refractivity contribution is -0.124. The van der Waals surface area contributed by atoms with Crippen LogP contribution >= 0.6 is 0 Å². The van der Waals surface area contributed by atoms with Gasteiger partial charge in [0.15, 0.2) is 5.69 Å². The van der Waals surface area contributed by atoms with Crippen LogP contribution < -0.4 is 10.6 Å². The second kappa shape index (κ2) is 9.53. The zero-order valence-electron chi connectivity index (χ0n) is 16.7. The minimum atomic E-state index is -0.545. The molecular formula is C22H30N4O2. The van der Waals surface area contributed by atoms with E-state index in [1.165, 1.54) is 6.42 Å². The summed E-state index contributed by atoms with van der Waals surface area (Å²) in [5.41, 5.74) is 1.19. The van der Waals surface area contributed by atoms with Gasteiger partial charge in [0.25, 0.3) is 5.91 Å². The van der Waals surface area contributed by atoms with Gasteiger partial charge in [0.2, 0.25) is 5.91 Å². The maximum absolute atomic E-state index is 12.8. The molecule has 6 nitrogen and oxygen atoms in total. The molecule has 1 heterocycles. The van der Waals surface area contributed by atoms with Crippen LogP contribution in [0.5, 0.6) is 0 Å². The van der Waals surface area contributed by atoms with Crippen molar-refractivity contribution in [2.24, 2.45) is 5.92 Å². The summed E-state index contributed by atoms with van der Waals surface area (Å²) >= 11 is 0. The number of nitrogens with zero attached hydrogens (tertiary/aromatic N) is 2. The molecule has 3 rings (SSSR count). The molecule has 0 bridgehead atoms. The lowest BCUT2D eigenvalue weighted by Gasteiger charge is -2.26. The van der Waals surface area contributed by atoms with Gasteiger partial charge < -0.3 is 10.6 Å². The van der Waals surface area contributed by atoms with Crippen LogP contribution in [-0.2, 0) is 4.79 Å². The quantitative estimate of drug-likeness (QED) is 0.770. The summed E-state index contributed by atoms with van der Waals surface area (Å²) in [5, 5.41) is 10.4. The van der Waals surface area contributed by atoms with Gasteiger partial charge in [-0.05, 0) is 43.4 Å². The van der Waals surface area contributed by atoms with Gasteiger partial charge in [-0.3, -0.25) is 9.59 Å². The second-order valence-electron chi connectivity index (χ2n) is 7.98. The van der Waals surface area contributed by atoms with E-state index >= 15 is 0 Å². The molecule has 0 spiro atoms. The van der Waals surface area contributed by atoms with Crippen LogP contribution in [0.1, 0.15) is 62.9 Å². The molecule has 1 saturated carbocycles. The fourth-order valence-corrected chi connectivity index (χ4v) is 3.65. The van der Waals surface area contributed by atoms with Crippen LogP contribution in [0.4, 0.5) is 0 Å². The molecular weight excluding hydrogens is 352 g/mol. The van der Waals surface area contributed by atoms with Crippen molar-refractivity contribution in [3.8, 4) is 5.69 Å². The van der Waals surface area contributed by atoms with Crippen molar-refractivity contribution < 1.29 is 9.59 Å². The van der Waals surface area contributed by atoms with E-state index in [-0.39, 0.29) is 17.9 Å². The lowest BCUT2D eigenvalue weighted by Crippen LogP contribution is -2.50. The molecule has 2 amide bonds. The van der Waals surface area contributed by atoms with E-state index in [0.717, 1.165) is 31.4 Å². The topological polar surface area (TPSA) is 76.0 Å². The van der Waals surface area contributed by atoms with Crippen molar-refractivity contribution in [3.63, 3.8) is 0 Å². The van der Waals surface area contributed by atoms with Crippen molar-refractivity contribution in [2.75, 3.05) is 0 Å². The Bertz CT molecular complexity index is 779. The standard InChI is InChI=1S/C22H30N4O2/c1-16(2)15-20(22(28)23-17-9-5-3-6-10-17)24-21(27)19-13-14-26(25-19)18-11-7-4-8-12-18/h4,7-8,11-14,16-17,20H,3,5-6,9-10,15H2,1-2H3,(H,23,28)(H,24,27). The van der Waals surface area contributed by atoms with Crippen LogP contribution in [0.15, 0.2) is 42.6 Å². The number of carbonyl (C=O) groups excluding carboxylic acids is 2. The third-order valence-electron chi connectivity index (χ3n) is 5.12. The van der Waals surface area contributed by atoms with Crippen molar-refractivity contribution in [2.45, 2.75) is 64.5 Å². The monoisotopic (exact) mass is 382 g/mol. The maximum Gasteiger partial charge on any atom is 0.272 e. The first-order chi connectivity index (χ1) is 13.5. The molecule has 1 aliphatic rings. The van der Waals surface area contributed by atoms with Gasteiger partial charge in [0.1, 0.15) is 6.04 Å². The zero-order valence-corrected chi connectivity index (χ0v) is 16.7. The fourth-order valence-electron chi connectivity index (χ4n) is 3.65. The van der Waals surface area contributed by atoms with E-state index in [9.17, 15) is 9.59 Å². The molecule has 1 aromatic carbocycles. The van der Waals surface area contributed by atoms with Gasteiger partial charge in [-0.25, -0.2) is 4.68 Å². The highest BCUT2D eigenvalue weighted by Crippen LogP contribution is 2.18. The smallest absolute Gasteiger partial charge is 0.272 e. The average molecular weight is 383 g/mol. The number of carbonyl (C=O) groups is 2. The summed E-state index contributed by atoms with van der Waals surface area (Å²) < 4.78 is 1.66. The number of hydrogen-bond donors (Lipinski definition) is 2. The van der Waals surface area contributed by atoms with Gasteiger partial charge in [-0.1, -0.05) is 51.3 Å². The van der Waals surface area contributed by atoms with Gasteiger partial charge >= 0.3 is 0 Å². The summed E-state index contributed by atoms with van der Waals surface area (Å²) in [5.74, 6) is -0.111. The summed E-state index contributed by atoms with van der Waals surface area (Å²) in [4.78, 5) is 25.5. The molecule has 1 unspecified atom stereocenters. The Morgan fingerprint density at radius 3 is 2.50 bits per heavy atom. The average Bonchev–Trinajstić information content (AvgIpc) is 3.19. The molecule has 1 aromatic heterocycles. The van der Waals surface area contributed by atoms with Gasteiger partial charge in [0.05, 0.1) is 5.69 Å². The molecule has 28 heavy (non-hydrogen) atoms. The molecule has 1 aliphatic carbocycles. The first kappa shape index (κ1) is 20.1. The number of nitrogens with one attached hydrogen (secondary N) is 2. The molecule has 0 saturated heterocycles. The highest BCUT2D eigenvalue weighted by molar-refractivity contribution is 5.96. The summed E-state index contributed by atoms with van der Waals surface area (Å²) in [7, 11) is 0. The van der Waals surface area contributed by atoms with Crippen LogP contribution in [0.25, 0.3) is 5.69 Å². The Morgan fingerprint density at radius 2 is 1.82 bits per heavy atom. The molecule has 150 valence electrons. The third kappa shape index (κ3) is 5.44. The van der Waals surface area contributed by atoms with Gasteiger partial charge in [0, 0.05) is 12.2 Å². The highest BCUT2D eigenvalue weighted by atomic mass is 16.2. The Kier molecular flexibility index (Phi) is 6.85. The largest absolute Gasteiger partial charge is 0.352 e. The highest BCUT2D eigenvalue weighted by Gasteiger charge is 2.26. The number of amides is 2. The summed E-state index contributed by atoms with van der Waals surface area (Å²) in [6.45, 7) is 4.11. The normalized spacial score (nSPS) is 16.0. The Balaban J connectivity index is 1.65. The van der Waals surface area contributed by atoms with Crippen molar-refractivity contribution in [1.29, 1.82) is 0 Å². The van der Waals surface area contributed by atoms with Gasteiger partial charge in [-0.2, -0.15) is 5.10 Å². The van der Waals surface area contributed by atoms with Gasteiger partial charge in [-0.15, -0.1) is 0 Å². The number of aromatic nitrogens is 2. The number of benzene rings is 1. The summed E-state index contributed by atoms with van der Waals surface area (Å²) in [6, 6.07) is 11.0. The van der Waals surface area contributed by atoms with E-state index in [1.54, 1.807) is 16.9 Å². The zero-order chi connectivity index (χ0) is 19.9. The van der Waals surface area contributed by atoms with Crippen LogP contribution in [0, 0.1) is 5.92 Å². The molecule has 2 aromatic rings. The first-order valence-corrected chi connectivity index (χ1v) is 10.3. The fraction of sp³-hybridized carbons (Fsp3) is 0.500. The molecule has 1 atom stereocenters. The first-order valence-electron chi connectivity index (χ1n) is 10.3. The maximum atomic E-state index is 12.8. The van der Waals surface area contributed by atoms with Crippen LogP contribution in [0.3, 0.4) is 0 Å². The van der Waals surface area contributed by atoms with Crippen LogP contribution in [-0.4, -0.2) is 33.7 Å². The Hall–Kier alpha value is -2.63. The van der Waals surface area contributed by atoms with Crippen molar-refractivity contribution in [3.05, 3.63) is 48.3 Å². The predicted octanol–water partition coefficient (Wildman–Crippen LogP) is 3.47. The lowest BCUT2D eigenvalue weighted by atomic mass is 9.94. The van der Waals surface area contributed by atoms with Crippen molar-refractivity contribution >= 4 is 11.8 Å². The van der Waals surface area contributed by atoms with Crippen LogP contribution in [0.2, 0.25) is 0 Å². The predicted molar refractivity (Wildman–Crippen MR) is 109 cm³/mol. The van der Waals surface area contributed by atoms with E-state index < -0.39 is 6.04 Å². The Labute approximate surface area is 166 Å². The van der Waals surface area contributed by atoms with E-state index in [2.05, 4.69) is 29.6 Å². The molecule has 2 N–H and O–H groups in total. The van der Waals surface area contributed by atoms with E-state index in [4.69, 9.17) is 0 Å². The van der Waals surface area contributed by atoms with E-state index in [0.29, 0.717) is 18.0 Å². The number of hydrogen-bond acceptors (Lipinski definition) is 3. The second-order valence-corrected chi connectivity index (χ2v) is 7.98. The molecule has 0 aliphatic heterocycles. The molecule has 1 fully saturated rings. The molecule has 0 radical (unpaired) electrons. The minimum absolute atomic E-state index is 0.0866. The summed E-state index contributed by atoms with van der Waals surface area (Å²) in [6.07, 6.45) is 7.95. The van der Waals surface area contributed by atoms with E-state index in [1.807, 2.05) is 30.3 Å². The Morgan fingerprint density at radius 1 is 1.11 bits per heavy atom. The van der Waals surface area contributed by atoms with Crippen molar-refractivity contribution in [1.82, 2.24) is 20.4 Å². The number of rotatable bonds is 7. The number of para-hydroxylation sites is 1.